The molecule has 1 amide bonds. The van der Waals surface area contributed by atoms with Crippen molar-refractivity contribution in [1.29, 1.82) is 0 Å². The van der Waals surface area contributed by atoms with E-state index in [9.17, 15) is 4.79 Å². The molecule has 108 valence electrons. The molecule has 1 heterocycles. The molecule has 0 aliphatic heterocycles. The Morgan fingerprint density at radius 2 is 2.05 bits per heavy atom. The van der Waals surface area contributed by atoms with Crippen LogP contribution in [-0.4, -0.2) is 23.0 Å². The van der Waals surface area contributed by atoms with Gasteiger partial charge in [0.25, 0.3) is 0 Å². The molecule has 0 unspecified atom stereocenters. The quantitative estimate of drug-likeness (QED) is 0.897. The first kappa shape index (κ1) is 13.7. The van der Waals surface area contributed by atoms with E-state index in [2.05, 4.69) is 15.6 Å². The Morgan fingerprint density at radius 1 is 1.20 bits per heavy atom. The van der Waals surface area contributed by atoms with Crippen molar-refractivity contribution in [3.8, 4) is 0 Å². The van der Waals surface area contributed by atoms with Crippen LogP contribution in [0.4, 0.5) is 5.82 Å². The molecule has 2 fully saturated rings. The number of nitrogens with one attached hydrogen (secondary N) is 2. The van der Waals surface area contributed by atoms with Gasteiger partial charge in [-0.05, 0) is 44.2 Å². The number of carbonyl (C=O) groups is 1. The van der Waals surface area contributed by atoms with E-state index in [1.807, 2.05) is 12.1 Å². The van der Waals surface area contributed by atoms with E-state index in [-0.39, 0.29) is 11.8 Å². The van der Waals surface area contributed by atoms with Crippen LogP contribution in [0.1, 0.15) is 38.5 Å². The fraction of sp³-hybridized carbons (Fsp3) is 0.600. The highest BCUT2D eigenvalue weighted by atomic mass is 35.5. The molecule has 2 aliphatic carbocycles. The maximum atomic E-state index is 12.1. The van der Waals surface area contributed by atoms with Gasteiger partial charge in [0.15, 0.2) is 0 Å². The zero-order valence-corrected chi connectivity index (χ0v) is 12.2. The molecule has 3 rings (SSSR count). The van der Waals surface area contributed by atoms with E-state index in [4.69, 9.17) is 11.6 Å². The van der Waals surface area contributed by atoms with Crippen molar-refractivity contribution in [1.82, 2.24) is 10.3 Å². The summed E-state index contributed by atoms with van der Waals surface area (Å²) in [5.41, 5.74) is 0. The first-order valence-electron chi connectivity index (χ1n) is 7.39. The lowest BCUT2D eigenvalue weighted by atomic mass is 9.85. The van der Waals surface area contributed by atoms with Gasteiger partial charge in [0.2, 0.25) is 5.91 Å². The Hall–Kier alpha value is -1.29. The number of halogens is 1. The molecule has 2 saturated carbocycles. The summed E-state index contributed by atoms with van der Waals surface area (Å²) >= 11 is 5.83. The second-order valence-electron chi connectivity index (χ2n) is 5.85. The second-order valence-corrected chi connectivity index (χ2v) is 6.29. The average Bonchev–Trinajstić information content (AvgIpc) is 3.26. The zero-order chi connectivity index (χ0) is 13.9. The minimum atomic E-state index is 0.147. The second kappa shape index (κ2) is 6.00. The molecule has 0 bridgehead atoms. The van der Waals surface area contributed by atoms with Crippen LogP contribution in [0.15, 0.2) is 18.3 Å². The number of pyridine rings is 1. The number of hydrogen-bond acceptors (Lipinski definition) is 3. The van der Waals surface area contributed by atoms with E-state index >= 15 is 0 Å². The summed E-state index contributed by atoms with van der Waals surface area (Å²) in [4.78, 5) is 16.4. The number of anilines is 1. The molecule has 20 heavy (non-hydrogen) atoms. The van der Waals surface area contributed by atoms with Gasteiger partial charge in [0.05, 0.1) is 5.02 Å². The minimum Gasteiger partial charge on any atom is -0.367 e. The van der Waals surface area contributed by atoms with Crippen LogP contribution >= 0.6 is 11.6 Å². The average molecular weight is 294 g/mol. The molecule has 2 aliphatic rings. The molecule has 2 atom stereocenters. The molecular formula is C15H20ClN3O. The predicted molar refractivity (Wildman–Crippen MR) is 79.8 cm³/mol. The standard InChI is InChI=1S/C15H20ClN3O/c16-11-4-7-14(17-9-11)18-13-3-1-2-10(8-13)15(20)19-12-5-6-12/h4,7,9-10,12-13H,1-3,5-6,8H2,(H,17,18)(H,19,20)/t10-,13-/m1/s1. The lowest BCUT2D eigenvalue weighted by molar-refractivity contribution is -0.126. The summed E-state index contributed by atoms with van der Waals surface area (Å²) in [6.07, 6.45) is 8.02. The fourth-order valence-corrected chi connectivity index (χ4v) is 2.89. The number of nitrogens with zero attached hydrogens (tertiary/aromatic N) is 1. The normalized spacial score (nSPS) is 26.1. The molecule has 1 aromatic rings. The zero-order valence-electron chi connectivity index (χ0n) is 11.4. The van der Waals surface area contributed by atoms with Gasteiger partial charge in [-0.1, -0.05) is 18.0 Å². The summed E-state index contributed by atoms with van der Waals surface area (Å²) < 4.78 is 0. The number of carbonyl (C=O) groups excluding carboxylic acids is 1. The van der Waals surface area contributed by atoms with Gasteiger partial charge in [-0.3, -0.25) is 4.79 Å². The van der Waals surface area contributed by atoms with E-state index in [0.717, 1.165) is 44.3 Å². The van der Waals surface area contributed by atoms with Crippen LogP contribution in [0.2, 0.25) is 5.02 Å². The van der Waals surface area contributed by atoms with E-state index in [1.165, 1.54) is 0 Å². The van der Waals surface area contributed by atoms with Crippen LogP contribution in [0.3, 0.4) is 0 Å². The van der Waals surface area contributed by atoms with Crippen molar-refractivity contribution in [3.05, 3.63) is 23.4 Å². The number of aromatic nitrogens is 1. The van der Waals surface area contributed by atoms with Crippen molar-refractivity contribution in [2.75, 3.05) is 5.32 Å². The molecule has 0 radical (unpaired) electrons. The van der Waals surface area contributed by atoms with E-state index in [1.54, 1.807) is 6.20 Å². The van der Waals surface area contributed by atoms with Gasteiger partial charge in [0, 0.05) is 24.2 Å². The van der Waals surface area contributed by atoms with Gasteiger partial charge in [-0.2, -0.15) is 0 Å². The van der Waals surface area contributed by atoms with E-state index < -0.39 is 0 Å². The number of hydrogen-bond donors (Lipinski definition) is 2. The van der Waals surface area contributed by atoms with Crippen LogP contribution in [0.5, 0.6) is 0 Å². The van der Waals surface area contributed by atoms with E-state index in [0.29, 0.717) is 17.1 Å². The highest BCUT2D eigenvalue weighted by molar-refractivity contribution is 6.30. The monoisotopic (exact) mass is 293 g/mol. The lowest BCUT2D eigenvalue weighted by Gasteiger charge is -2.29. The summed E-state index contributed by atoms with van der Waals surface area (Å²) in [6.45, 7) is 0. The minimum absolute atomic E-state index is 0.147. The summed E-state index contributed by atoms with van der Waals surface area (Å²) in [5, 5.41) is 7.17. The van der Waals surface area contributed by atoms with Crippen molar-refractivity contribution < 1.29 is 4.79 Å². The number of amides is 1. The third-order valence-electron chi connectivity index (χ3n) is 4.05. The Balaban J connectivity index is 1.54. The smallest absolute Gasteiger partial charge is 0.223 e. The van der Waals surface area contributed by atoms with Crippen LogP contribution in [0.25, 0.3) is 0 Å². The Kier molecular flexibility index (Phi) is 4.10. The summed E-state index contributed by atoms with van der Waals surface area (Å²) in [5.74, 6) is 1.22. The van der Waals surface area contributed by atoms with Gasteiger partial charge >= 0.3 is 0 Å². The molecular weight excluding hydrogens is 274 g/mol. The molecule has 0 saturated heterocycles. The van der Waals surface area contributed by atoms with Gasteiger partial charge in [-0.25, -0.2) is 4.98 Å². The highest BCUT2D eigenvalue weighted by Crippen LogP contribution is 2.28. The third-order valence-corrected chi connectivity index (χ3v) is 4.27. The van der Waals surface area contributed by atoms with Crippen molar-refractivity contribution >= 4 is 23.3 Å². The topological polar surface area (TPSA) is 54.0 Å². The first-order valence-corrected chi connectivity index (χ1v) is 7.77. The Morgan fingerprint density at radius 3 is 2.75 bits per heavy atom. The molecule has 0 aromatic carbocycles. The van der Waals surface area contributed by atoms with Crippen LogP contribution in [-0.2, 0) is 4.79 Å². The largest absolute Gasteiger partial charge is 0.367 e. The number of rotatable bonds is 4. The molecule has 2 N–H and O–H groups in total. The van der Waals surface area contributed by atoms with Crippen molar-refractivity contribution in [2.45, 2.75) is 50.6 Å². The maximum absolute atomic E-state index is 12.1. The summed E-state index contributed by atoms with van der Waals surface area (Å²) in [6, 6.07) is 4.49. The van der Waals surface area contributed by atoms with Crippen LogP contribution < -0.4 is 10.6 Å². The molecule has 1 aromatic heterocycles. The van der Waals surface area contributed by atoms with Crippen molar-refractivity contribution in [3.63, 3.8) is 0 Å². The van der Waals surface area contributed by atoms with Gasteiger partial charge in [-0.15, -0.1) is 0 Å². The van der Waals surface area contributed by atoms with Gasteiger partial charge < -0.3 is 10.6 Å². The first-order chi connectivity index (χ1) is 9.70. The van der Waals surface area contributed by atoms with Crippen molar-refractivity contribution in [2.24, 2.45) is 5.92 Å². The SMILES string of the molecule is O=C(NC1CC1)[C@@H]1CCC[C@@H](Nc2ccc(Cl)cn2)C1. The fourth-order valence-electron chi connectivity index (χ4n) is 2.78. The molecule has 4 nitrogen and oxygen atoms in total. The molecule has 0 spiro atoms. The Bertz CT molecular complexity index is 473. The highest BCUT2D eigenvalue weighted by Gasteiger charge is 2.31. The maximum Gasteiger partial charge on any atom is 0.223 e. The Labute approximate surface area is 124 Å². The molecule has 5 heteroatoms. The van der Waals surface area contributed by atoms with Crippen LogP contribution in [0, 0.1) is 5.92 Å². The summed E-state index contributed by atoms with van der Waals surface area (Å²) in [7, 11) is 0. The third kappa shape index (κ3) is 3.63. The predicted octanol–water partition coefficient (Wildman–Crippen LogP) is 2.98. The van der Waals surface area contributed by atoms with Gasteiger partial charge in [0.1, 0.15) is 5.82 Å². The lowest BCUT2D eigenvalue weighted by Crippen LogP contribution is -2.38.